The van der Waals surface area contributed by atoms with Gasteiger partial charge in [-0.05, 0) is 50.7 Å². The van der Waals surface area contributed by atoms with Crippen LogP contribution in [0.4, 0.5) is 0 Å². The second kappa shape index (κ2) is 6.87. The van der Waals surface area contributed by atoms with Crippen molar-refractivity contribution in [2.24, 2.45) is 11.8 Å². The molecule has 1 aliphatic carbocycles. The van der Waals surface area contributed by atoms with Crippen LogP contribution in [0, 0.1) is 11.8 Å². The molecule has 0 radical (unpaired) electrons. The highest BCUT2D eigenvalue weighted by molar-refractivity contribution is 5.97. The minimum absolute atomic E-state index is 0.0759. The molecule has 138 valence electrons. The normalized spacial score (nSPS) is 27.0. The second-order valence-corrected chi connectivity index (χ2v) is 7.96. The largest absolute Gasteiger partial charge is 0.507 e. The summed E-state index contributed by atoms with van der Waals surface area (Å²) < 4.78 is 11.2. The number of hydrogen-bond donors (Lipinski definition) is 2. The average molecular weight is 347 g/mol. The van der Waals surface area contributed by atoms with Gasteiger partial charge in [0.15, 0.2) is 0 Å². The molecule has 1 amide bonds. The number of phenolic OH excluding ortho intramolecular Hbond substituents is 1. The summed E-state index contributed by atoms with van der Waals surface area (Å²) in [7, 11) is 1.59. The molecule has 1 fully saturated rings. The number of nitrogens with one attached hydrogen (secondary N) is 1. The lowest BCUT2D eigenvalue weighted by Crippen LogP contribution is -2.46. The first-order valence-electron chi connectivity index (χ1n) is 9.17. The van der Waals surface area contributed by atoms with Gasteiger partial charge in [-0.1, -0.05) is 13.3 Å². The van der Waals surface area contributed by atoms with Gasteiger partial charge < -0.3 is 19.9 Å². The lowest BCUT2D eigenvalue weighted by molar-refractivity contribution is -0.0145. The number of ether oxygens (including phenoxy) is 2. The topological polar surface area (TPSA) is 67.8 Å². The van der Waals surface area contributed by atoms with Crippen molar-refractivity contribution in [2.75, 3.05) is 20.3 Å². The van der Waals surface area contributed by atoms with Crippen LogP contribution in [-0.4, -0.2) is 36.9 Å². The van der Waals surface area contributed by atoms with Crippen molar-refractivity contribution in [3.8, 4) is 11.5 Å². The Labute approximate surface area is 149 Å². The third kappa shape index (κ3) is 3.34. The van der Waals surface area contributed by atoms with E-state index in [1.54, 1.807) is 13.2 Å². The first-order chi connectivity index (χ1) is 11.8. The van der Waals surface area contributed by atoms with E-state index < -0.39 is 0 Å². The Morgan fingerprint density at radius 2 is 2.16 bits per heavy atom. The minimum Gasteiger partial charge on any atom is -0.507 e. The van der Waals surface area contributed by atoms with Gasteiger partial charge in [-0.25, -0.2) is 0 Å². The van der Waals surface area contributed by atoms with Gasteiger partial charge in [0.2, 0.25) is 0 Å². The highest BCUT2D eigenvalue weighted by Crippen LogP contribution is 2.55. The lowest BCUT2D eigenvalue weighted by Gasteiger charge is -2.48. The molecule has 3 rings (SSSR count). The van der Waals surface area contributed by atoms with Crippen LogP contribution in [0.5, 0.6) is 11.5 Å². The number of phenols is 1. The van der Waals surface area contributed by atoms with Crippen LogP contribution in [0.1, 0.15) is 61.9 Å². The van der Waals surface area contributed by atoms with Crippen molar-refractivity contribution in [2.45, 2.75) is 51.6 Å². The number of fused-ring (bicyclic) bond motifs is 3. The molecule has 1 heterocycles. The molecule has 1 aromatic carbocycles. The minimum atomic E-state index is -0.275. The molecule has 5 nitrogen and oxygen atoms in total. The van der Waals surface area contributed by atoms with Gasteiger partial charge in [0, 0.05) is 25.1 Å². The fourth-order valence-corrected chi connectivity index (χ4v) is 4.47. The Morgan fingerprint density at radius 3 is 2.88 bits per heavy atom. The average Bonchev–Trinajstić information content (AvgIpc) is 2.54. The summed E-state index contributed by atoms with van der Waals surface area (Å²) in [5, 5.41) is 13.7. The summed E-state index contributed by atoms with van der Waals surface area (Å²) >= 11 is 0. The monoisotopic (exact) mass is 347 g/mol. The number of aromatic hydroxyl groups is 1. The van der Waals surface area contributed by atoms with Crippen molar-refractivity contribution in [3.05, 3.63) is 23.3 Å². The zero-order valence-electron chi connectivity index (χ0n) is 15.6. The molecular weight excluding hydrogens is 318 g/mol. The second-order valence-electron chi connectivity index (χ2n) is 7.96. The quantitative estimate of drug-likeness (QED) is 0.819. The van der Waals surface area contributed by atoms with Crippen LogP contribution in [0.15, 0.2) is 12.1 Å². The molecule has 3 atom stereocenters. The number of rotatable bonds is 4. The molecule has 0 aromatic heterocycles. The van der Waals surface area contributed by atoms with E-state index in [9.17, 15) is 9.90 Å². The molecule has 0 saturated heterocycles. The number of amides is 1. The van der Waals surface area contributed by atoms with Crippen molar-refractivity contribution in [1.29, 1.82) is 0 Å². The molecular formula is C20H29NO4. The molecule has 25 heavy (non-hydrogen) atoms. The highest BCUT2D eigenvalue weighted by Gasteiger charge is 2.47. The van der Waals surface area contributed by atoms with Crippen molar-refractivity contribution in [3.63, 3.8) is 0 Å². The molecule has 1 aromatic rings. The maximum atomic E-state index is 12.4. The Balaban J connectivity index is 1.96. The molecule has 2 aliphatic rings. The van der Waals surface area contributed by atoms with E-state index >= 15 is 0 Å². The molecule has 0 bridgehead atoms. The standard InChI is InChI=1S/C20H29NO4/c1-12-5-7-15-14(11-12)17-16(25-20(15,2)3)8-6-13(18(17)22)19(23)21-9-10-24-4/h6,8,12,14-15,22H,5,7,9-11H2,1-4H3,(H,21,23)/t12-,14-,15-/m1/s1. The smallest absolute Gasteiger partial charge is 0.255 e. The maximum Gasteiger partial charge on any atom is 0.255 e. The molecule has 0 spiro atoms. The summed E-state index contributed by atoms with van der Waals surface area (Å²) in [5.41, 5.74) is 0.873. The molecule has 2 N–H and O–H groups in total. The van der Waals surface area contributed by atoms with E-state index in [1.807, 2.05) is 6.07 Å². The lowest BCUT2D eigenvalue weighted by atomic mass is 9.64. The van der Waals surface area contributed by atoms with Gasteiger partial charge >= 0.3 is 0 Å². The van der Waals surface area contributed by atoms with E-state index in [2.05, 4.69) is 26.1 Å². The van der Waals surface area contributed by atoms with Crippen molar-refractivity contribution in [1.82, 2.24) is 5.32 Å². The van der Waals surface area contributed by atoms with Crippen LogP contribution in [0.2, 0.25) is 0 Å². The van der Waals surface area contributed by atoms with Crippen LogP contribution in [0.25, 0.3) is 0 Å². The molecule has 0 unspecified atom stereocenters. The molecule has 1 saturated carbocycles. The van der Waals surface area contributed by atoms with Gasteiger partial charge in [0.1, 0.15) is 17.1 Å². The molecule has 1 aliphatic heterocycles. The van der Waals surface area contributed by atoms with Gasteiger partial charge in [0.25, 0.3) is 5.91 Å². The zero-order chi connectivity index (χ0) is 18.2. The number of carbonyl (C=O) groups excluding carboxylic acids is 1. The number of methoxy groups -OCH3 is 1. The summed E-state index contributed by atoms with van der Waals surface area (Å²) in [6, 6.07) is 3.48. The fourth-order valence-electron chi connectivity index (χ4n) is 4.47. The van der Waals surface area contributed by atoms with E-state index in [0.717, 1.165) is 18.4 Å². The van der Waals surface area contributed by atoms with Crippen LogP contribution in [-0.2, 0) is 4.74 Å². The maximum absolute atomic E-state index is 12.4. The van der Waals surface area contributed by atoms with E-state index in [-0.39, 0.29) is 23.2 Å². The summed E-state index contributed by atoms with van der Waals surface area (Å²) in [5.74, 6) is 1.71. The van der Waals surface area contributed by atoms with Gasteiger partial charge in [0.05, 0.1) is 12.2 Å². The van der Waals surface area contributed by atoms with Crippen LogP contribution < -0.4 is 10.1 Å². The van der Waals surface area contributed by atoms with Crippen molar-refractivity contribution >= 4 is 5.91 Å². The Morgan fingerprint density at radius 1 is 1.40 bits per heavy atom. The number of benzene rings is 1. The third-order valence-corrected chi connectivity index (χ3v) is 5.76. The van der Waals surface area contributed by atoms with E-state index in [4.69, 9.17) is 9.47 Å². The van der Waals surface area contributed by atoms with E-state index in [0.29, 0.717) is 36.3 Å². The van der Waals surface area contributed by atoms with Gasteiger partial charge in [-0.2, -0.15) is 0 Å². The van der Waals surface area contributed by atoms with Crippen LogP contribution in [0.3, 0.4) is 0 Å². The highest BCUT2D eigenvalue weighted by atomic mass is 16.5. The zero-order valence-corrected chi connectivity index (χ0v) is 15.6. The fraction of sp³-hybridized carbons (Fsp3) is 0.650. The predicted octanol–water partition coefficient (Wildman–Crippen LogP) is 3.46. The Kier molecular flexibility index (Phi) is 4.96. The van der Waals surface area contributed by atoms with Crippen molar-refractivity contribution < 1.29 is 19.4 Å². The van der Waals surface area contributed by atoms with E-state index in [1.165, 1.54) is 6.42 Å². The summed E-state index contributed by atoms with van der Waals surface area (Å²) in [6.45, 7) is 7.38. The predicted molar refractivity (Wildman–Crippen MR) is 96.3 cm³/mol. The summed E-state index contributed by atoms with van der Waals surface area (Å²) in [6.07, 6.45) is 3.29. The third-order valence-electron chi connectivity index (χ3n) is 5.76. The van der Waals surface area contributed by atoms with Gasteiger partial charge in [-0.3, -0.25) is 4.79 Å². The Bertz CT molecular complexity index is 655. The van der Waals surface area contributed by atoms with Gasteiger partial charge in [-0.15, -0.1) is 0 Å². The Hall–Kier alpha value is -1.75. The number of carbonyl (C=O) groups is 1. The SMILES string of the molecule is COCCNC(=O)c1ccc2c(c1O)[C@@H]1C[C@H](C)CC[C@H]1C(C)(C)O2. The first kappa shape index (κ1) is 18.1. The number of hydrogen-bond acceptors (Lipinski definition) is 4. The first-order valence-corrected chi connectivity index (χ1v) is 9.17. The van der Waals surface area contributed by atoms with Crippen LogP contribution >= 0.6 is 0 Å². The molecule has 5 heteroatoms. The summed E-state index contributed by atoms with van der Waals surface area (Å²) in [4.78, 5) is 12.4.